The molecule has 0 amide bonds. The van der Waals surface area contributed by atoms with Gasteiger partial charge < -0.3 is 19.9 Å². The van der Waals surface area contributed by atoms with Crippen LogP contribution in [0.4, 0.5) is 0 Å². The zero-order valence-corrected chi connectivity index (χ0v) is 16.9. The van der Waals surface area contributed by atoms with Crippen LogP contribution in [0.1, 0.15) is 43.2 Å². The summed E-state index contributed by atoms with van der Waals surface area (Å²) < 4.78 is 11.0. The second kappa shape index (κ2) is 9.46. The molecule has 2 rings (SSSR count). The second-order valence-corrected chi connectivity index (χ2v) is 6.16. The van der Waals surface area contributed by atoms with E-state index >= 15 is 0 Å². The number of hydrogen-bond acceptors (Lipinski definition) is 4. The highest BCUT2D eigenvalue weighted by Crippen LogP contribution is 2.23. The first-order chi connectivity index (χ1) is 10.5. The molecule has 1 aliphatic rings. The van der Waals surface area contributed by atoms with Gasteiger partial charge in [0.2, 0.25) is 0 Å². The van der Waals surface area contributed by atoms with Crippen molar-refractivity contribution in [1.82, 2.24) is 15.8 Å². The maximum atomic E-state index is 5.77. The Kier molecular flexibility index (Phi) is 8.32. The Labute approximate surface area is 155 Å². The molecule has 0 bridgehead atoms. The minimum Gasteiger partial charge on any atom is -0.373 e. The van der Waals surface area contributed by atoms with E-state index in [-0.39, 0.29) is 29.6 Å². The third-order valence-electron chi connectivity index (χ3n) is 4.23. The van der Waals surface area contributed by atoms with Crippen LogP contribution in [0.5, 0.6) is 0 Å². The fourth-order valence-corrected chi connectivity index (χ4v) is 2.80. The molecule has 23 heavy (non-hydrogen) atoms. The van der Waals surface area contributed by atoms with Gasteiger partial charge in [0.1, 0.15) is 5.76 Å². The highest BCUT2D eigenvalue weighted by molar-refractivity contribution is 14.0. The Hall–Kier alpha value is -0.830. The minimum absolute atomic E-state index is 0. The average Bonchev–Trinajstić information content (AvgIpc) is 3.07. The van der Waals surface area contributed by atoms with Gasteiger partial charge in [0.15, 0.2) is 5.96 Å². The van der Waals surface area contributed by atoms with Gasteiger partial charge in [0.05, 0.1) is 11.3 Å². The first kappa shape index (κ1) is 20.2. The lowest BCUT2D eigenvalue weighted by molar-refractivity contribution is 0.0243. The lowest BCUT2D eigenvalue weighted by atomic mass is 10.0. The number of aryl methyl sites for hydroxylation is 2. The molecule has 1 aromatic rings. The Balaban J connectivity index is 0.00000264. The normalized spacial score (nSPS) is 21.1. The van der Waals surface area contributed by atoms with Crippen molar-refractivity contribution in [2.24, 2.45) is 4.99 Å². The molecule has 0 spiro atoms. The molecular formula is C16H29IN4O2. The van der Waals surface area contributed by atoms with Crippen LogP contribution in [0.15, 0.2) is 9.52 Å². The van der Waals surface area contributed by atoms with E-state index < -0.39 is 0 Å². The maximum absolute atomic E-state index is 5.77. The third kappa shape index (κ3) is 5.95. The number of hydrogen-bond donors (Lipinski definition) is 2. The van der Waals surface area contributed by atoms with Crippen molar-refractivity contribution in [2.45, 2.75) is 52.1 Å². The van der Waals surface area contributed by atoms with Gasteiger partial charge in [-0.1, -0.05) is 5.16 Å². The molecule has 0 saturated carbocycles. The van der Waals surface area contributed by atoms with Gasteiger partial charge in [-0.25, -0.2) is 0 Å². The summed E-state index contributed by atoms with van der Waals surface area (Å²) in [7, 11) is 1.79. The summed E-state index contributed by atoms with van der Waals surface area (Å²) in [6, 6.07) is 0. The van der Waals surface area contributed by atoms with Gasteiger partial charge in [-0.15, -0.1) is 24.0 Å². The Morgan fingerprint density at radius 3 is 2.70 bits per heavy atom. The van der Waals surface area contributed by atoms with E-state index in [4.69, 9.17) is 9.26 Å². The zero-order valence-electron chi connectivity index (χ0n) is 14.6. The number of aliphatic imine (C=N–C) groups is 1. The van der Waals surface area contributed by atoms with Crippen molar-refractivity contribution in [1.29, 1.82) is 0 Å². The van der Waals surface area contributed by atoms with Crippen LogP contribution < -0.4 is 10.6 Å². The summed E-state index contributed by atoms with van der Waals surface area (Å²) in [5.41, 5.74) is 2.15. The molecule has 0 aromatic carbocycles. The van der Waals surface area contributed by atoms with E-state index in [0.717, 1.165) is 62.8 Å². The summed E-state index contributed by atoms with van der Waals surface area (Å²) >= 11 is 0. The van der Waals surface area contributed by atoms with E-state index in [2.05, 4.69) is 27.7 Å². The molecule has 0 radical (unpaired) electrons. The van der Waals surface area contributed by atoms with Gasteiger partial charge in [0.25, 0.3) is 0 Å². The number of nitrogens with zero attached hydrogens (tertiary/aromatic N) is 2. The Bertz CT molecular complexity index is 491. The molecule has 2 N–H and O–H groups in total. The first-order valence-corrected chi connectivity index (χ1v) is 8.04. The van der Waals surface area contributed by atoms with Crippen molar-refractivity contribution < 1.29 is 9.26 Å². The molecular weight excluding hydrogens is 407 g/mol. The lowest BCUT2D eigenvalue weighted by Gasteiger charge is -2.24. The molecule has 6 nitrogen and oxygen atoms in total. The largest absolute Gasteiger partial charge is 0.373 e. The molecule has 7 heteroatoms. The molecule has 2 heterocycles. The van der Waals surface area contributed by atoms with Gasteiger partial charge >= 0.3 is 0 Å². The second-order valence-electron chi connectivity index (χ2n) is 6.16. The predicted molar refractivity (Wildman–Crippen MR) is 103 cm³/mol. The monoisotopic (exact) mass is 436 g/mol. The quantitative estimate of drug-likeness (QED) is 0.311. The lowest BCUT2D eigenvalue weighted by Crippen LogP contribution is -2.45. The predicted octanol–water partition coefficient (Wildman–Crippen LogP) is 2.58. The van der Waals surface area contributed by atoms with Crippen LogP contribution in [0.25, 0.3) is 0 Å². The molecule has 1 saturated heterocycles. The van der Waals surface area contributed by atoms with Crippen molar-refractivity contribution in [3.63, 3.8) is 0 Å². The van der Waals surface area contributed by atoms with Gasteiger partial charge in [0, 0.05) is 32.3 Å². The molecule has 1 atom stereocenters. The summed E-state index contributed by atoms with van der Waals surface area (Å²) in [6.07, 6.45) is 4.22. The fourth-order valence-electron chi connectivity index (χ4n) is 2.80. The van der Waals surface area contributed by atoms with E-state index in [1.807, 2.05) is 13.8 Å². The molecule has 1 unspecified atom stereocenters. The van der Waals surface area contributed by atoms with Crippen LogP contribution in [-0.2, 0) is 11.2 Å². The molecule has 1 aromatic heterocycles. The average molecular weight is 436 g/mol. The first-order valence-electron chi connectivity index (χ1n) is 8.04. The summed E-state index contributed by atoms with van der Waals surface area (Å²) in [5, 5.41) is 10.7. The summed E-state index contributed by atoms with van der Waals surface area (Å²) in [4.78, 5) is 4.26. The van der Waals surface area contributed by atoms with Crippen LogP contribution in [0.3, 0.4) is 0 Å². The van der Waals surface area contributed by atoms with E-state index in [1.165, 1.54) is 5.56 Å². The maximum Gasteiger partial charge on any atom is 0.191 e. The standard InChI is InChI=1S/C16H28N4O2.HI/c1-12-14(13(2)22-20-12)7-5-9-18-15(17-4)19-11-16(3)8-6-10-21-16;/h5-11H2,1-4H3,(H2,17,18,19);1H. The Morgan fingerprint density at radius 1 is 1.35 bits per heavy atom. The number of ether oxygens (including phenoxy) is 1. The van der Waals surface area contributed by atoms with Crippen LogP contribution in [-0.4, -0.2) is 43.5 Å². The smallest absolute Gasteiger partial charge is 0.191 e. The summed E-state index contributed by atoms with van der Waals surface area (Å²) in [5.74, 6) is 1.75. The number of guanidine groups is 1. The Morgan fingerprint density at radius 2 is 2.13 bits per heavy atom. The fraction of sp³-hybridized carbons (Fsp3) is 0.750. The topological polar surface area (TPSA) is 71.7 Å². The number of nitrogens with one attached hydrogen (secondary N) is 2. The van der Waals surface area contributed by atoms with Gasteiger partial charge in [-0.2, -0.15) is 0 Å². The van der Waals surface area contributed by atoms with Crippen molar-refractivity contribution in [3.05, 3.63) is 17.0 Å². The molecule has 1 fully saturated rings. The number of halogens is 1. The zero-order chi connectivity index (χ0) is 16.0. The van der Waals surface area contributed by atoms with Crippen molar-refractivity contribution >= 4 is 29.9 Å². The number of aromatic nitrogens is 1. The third-order valence-corrected chi connectivity index (χ3v) is 4.23. The van der Waals surface area contributed by atoms with Gasteiger partial charge in [-0.05, 0) is 46.5 Å². The van der Waals surface area contributed by atoms with E-state index in [0.29, 0.717) is 0 Å². The van der Waals surface area contributed by atoms with Crippen LogP contribution in [0, 0.1) is 13.8 Å². The van der Waals surface area contributed by atoms with Crippen molar-refractivity contribution in [2.75, 3.05) is 26.7 Å². The highest BCUT2D eigenvalue weighted by Gasteiger charge is 2.29. The van der Waals surface area contributed by atoms with Gasteiger partial charge in [-0.3, -0.25) is 4.99 Å². The minimum atomic E-state index is -0.0612. The van der Waals surface area contributed by atoms with Crippen LogP contribution in [0.2, 0.25) is 0 Å². The molecule has 0 aliphatic carbocycles. The molecule has 1 aliphatic heterocycles. The van der Waals surface area contributed by atoms with Crippen LogP contribution >= 0.6 is 24.0 Å². The highest BCUT2D eigenvalue weighted by atomic mass is 127. The number of rotatable bonds is 6. The van der Waals surface area contributed by atoms with Crippen molar-refractivity contribution in [3.8, 4) is 0 Å². The molecule has 132 valence electrons. The summed E-state index contributed by atoms with van der Waals surface area (Å²) in [6.45, 7) is 8.62. The van der Waals surface area contributed by atoms with E-state index in [1.54, 1.807) is 7.05 Å². The van der Waals surface area contributed by atoms with E-state index in [9.17, 15) is 0 Å². The SMILES string of the molecule is CN=C(NCCCc1c(C)noc1C)NCC1(C)CCCO1.I.